The first-order chi connectivity index (χ1) is 11.8. The molecule has 3 aromatic carbocycles. The molecule has 0 N–H and O–H groups in total. The lowest BCUT2D eigenvalue weighted by Gasteiger charge is -2.09. The van der Waals surface area contributed by atoms with E-state index in [0.29, 0.717) is 0 Å². The SMILES string of the molecule is CCCCCc1ccccc1-c1ccccc1.Fc1ccccc1. The smallest absolute Gasteiger partial charge is 0.123 e. The van der Waals surface area contributed by atoms with Crippen LogP contribution in [-0.4, -0.2) is 0 Å². The molecule has 0 aliphatic carbocycles. The zero-order chi connectivity index (χ0) is 17.0. The fourth-order valence-electron chi connectivity index (χ4n) is 2.62. The summed E-state index contributed by atoms with van der Waals surface area (Å²) in [7, 11) is 0. The van der Waals surface area contributed by atoms with Gasteiger partial charge in [0.2, 0.25) is 0 Å². The summed E-state index contributed by atoms with van der Waals surface area (Å²) in [4.78, 5) is 0. The largest absolute Gasteiger partial charge is 0.207 e. The number of hydrogen-bond donors (Lipinski definition) is 0. The molecular weight excluding hydrogens is 295 g/mol. The second-order valence-corrected chi connectivity index (χ2v) is 5.78. The van der Waals surface area contributed by atoms with Crippen molar-refractivity contribution in [1.82, 2.24) is 0 Å². The van der Waals surface area contributed by atoms with E-state index in [2.05, 4.69) is 61.5 Å². The Labute approximate surface area is 145 Å². The molecule has 0 saturated carbocycles. The number of halogens is 1. The molecule has 0 amide bonds. The van der Waals surface area contributed by atoms with Crippen molar-refractivity contribution in [3.8, 4) is 11.1 Å². The van der Waals surface area contributed by atoms with E-state index in [0.717, 1.165) is 0 Å². The summed E-state index contributed by atoms with van der Waals surface area (Å²) >= 11 is 0. The van der Waals surface area contributed by atoms with E-state index < -0.39 is 0 Å². The fraction of sp³-hybridized carbons (Fsp3) is 0.217. The van der Waals surface area contributed by atoms with Gasteiger partial charge in [0, 0.05) is 0 Å². The predicted molar refractivity (Wildman–Crippen MR) is 102 cm³/mol. The molecule has 124 valence electrons. The minimum Gasteiger partial charge on any atom is -0.207 e. The van der Waals surface area contributed by atoms with Crippen LogP contribution in [0.4, 0.5) is 4.39 Å². The van der Waals surface area contributed by atoms with Crippen LogP contribution in [0.25, 0.3) is 11.1 Å². The van der Waals surface area contributed by atoms with Gasteiger partial charge in [-0.2, -0.15) is 0 Å². The second kappa shape index (κ2) is 10.4. The Morgan fingerprint density at radius 3 is 1.83 bits per heavy atom. The summed E-state index contributed by atoms with van der Waals surface area (Å²) < 4.78 is 11.9. The van der Waals surface area contributed by atoms with Gasteiger partial charge in [0.05, 0.1) is 0 Å². The molecule has 0 saturated heterocycles. The van der Waals surface area contributed by atoms with Crippen LogP contribution in [0, 0.1) is 5.82 Å². The van der Waals surface area contributed by atoms with Crippen LogP contribution in [0.2, 0.25) is 0 Å². The van der Waals surface area contributed by atoms with Crippen LogP contribution < -0.4 is 0 Å². The van der Waals surface area contributed by atoms with Gasteiger partial charge in [-0.05, 0) is 41.7 Å². The summed E-state index contributed by atoms with van der Waals surface area (Å²) in [6.45, 7) is 2.25. The van der Waals surface area contributed by atoms with E-state index in [1.807, 2.05) is 0 Å². The maximum Gasteiger partial charge on any atom is 0.123 e. The molecule has 0 aromatic heterocycles. The summed E-state index contributed by atoms with van der Waals surface area (Å²) in [5.74, 6) is -0.178. The summed E-state index contributed by atoms with van der Waals surface area (Å²) in [6.07, 6.45) is 5.09. The monoisotopic (exact) mass is 320 g/mol. The first-order valence-corrected chi connectivity index (χ1v) is 8.65. The van der Waals surface area contributed by atoms with Gasteiger partial charge < -0.3 is 0 Å². The third-order valence-electron chi connectivity index (χ3n) is 3.88. The topological polar surface area (TPSA) is 0 Å². The molecule has 0 nitrogen and oxygen atoms in total. The summed E-state index contributed by atoms with van der Waals surface area (Å²) in [6, 6.07) is 27.4. The Bertz CT molecular complexity index is 689. The van der Waals surface area contributed by atoms with Crippen molar-refractivity contribution < 1.29 is 4.39 Å². The zero-order valence-electron chi connectivity index (χ0n) is 14.3. The maximum absolute atomic E-state index is 11.9. The standard InChI is InChI=1S/C17H20.C6H5F/c1-2-3-5-10-15-13-8-9-14-17(15)16-11-6-4-7-12-16;7-6-4-2-1-3-5-6/h4,6-9,11-14H,2-3,5,10H2,1H3;1-5H. The molecule has 0 atom stereocenters. The van der Waals surface area contributed by atoms with Gasteiger partial charge in [-0.15, -0.1) is 0 Å². The number of rotatable bonds is 5. The van der Waals surface area contributed by atoms with Crippen molar-refractivity contribution in [1.29, 1.82) is 0 Å². The maximum atomic E-state index is 11.9. The van der Waals surface area contributed by atoms with E-state index in [-0.39, 0.29) is 5.82 Å². The normalized spacial score (nSPS) is 9.92. The number of hydrogen-bond acceptors (Lipinski definition) is 0. The zero-order valence-corrected chi connectivity index (χ0v) is 14.3. The van der Waals surface area contributed by atoms with Crippen molar-refractivity contribution in [2.75, 3.05) is 0 Å². The van der Waals surface area contributed by atoms with Crippen LogP contribution in [0.5, 0.6) is 0 Å². The highest BCUT2D eigenvalue weighted by molar-refractivity contribution is 5.67. The van der Waals surface area contributed by atoms with Crippen molar-refractivity contribution in [2.45, 2.75) is 32.6 Å². The molecule has 3 rings (SSSR count). The Hall–Kier alpha value is -2.41. The van der Waals surface area contributed by atoms with Crippen molar-refractivity contribution in [3.05, 3.63) is 96.3 Å². The number of benzene rings is 3. The number of aryl methyl sites for hydroxylation is 1. The average Bonchev–Trinajstić information content (AvgIpc) is 2.64. The first-order valence-electron chi connectivity index (χ1n) is 8.65. The van der Waals surface area contributed by atoms with Crippen LogP contribution >= 0.6 is 0 Å². The molecule has 24 heavy (non-hydrogen) atoms. The van der Waals surface area contributed by atoms with E-state index in [9.17, 15) is 4.39 Å². The van der Waals surface area contributed by atoms with Gasteiger partial charge in [-0.3, -0.25) is 0 Å². The fourth-order valence-corrected chi connectivity index (χ4v) is 2.62. The van der Waals surface area contributed by atoms with Crippen molar-refractivity contribution >= 4 is 0 Å². The van der Waals surface area contributed by atoms with Crippen LogP contribution in [0.3, 0.4) is 0 Å². The second-order valence-electron chi connectivity index (χ2n) is 5.78. The molecular formula is C23H25F. The van der Waals surface area contributed by atoms with Gasteiger partial charge in [0.15, 0.2) is 0 Å². The van der Waals surface area contributed by atoms with Crippen molar-refractivity contribution in [2.24, 2.45) is 0 Å². The quantitative estimate of drug-likeness (QED) is 0.448. The van der Waals surface area contributed by atoms with E-state index in [1.165, 1.54) is 54.5 Å². The van der Waals surface area contributed by atoms with Crippen LogP contribution in [0.15, 0.2) is 84.9 Å². The third kappa shape index (κ3) is 6.00. The Balaban J connectivity index is 0.000000249. The summed E-state index contributed by atoms with van der Waals surface area (Å²) in [5.41, 5.74) is 4.20. The average molecular weight is 320 g/mol. The molecule has 0 unspecified atom stereocenters. The van der Waals surface area contributed by atoms with E-state index in [1.54, 1.807) is 18.2 Å². The highest BCUT2D eigenvalue weighted by Gasteiger charge is 2.03. The lowest BCUT2D eigenvalue weighted by Crippen LogP contribution is -1.90. The minimum atomic E-state index is -0.178. The number of unbranched alkanes of at least 4 members (excludes halogenated alkanes) is 2. The molecule has 0 aliphatic heterocycles. The van der Waals surface area contributed by atoms with Gasteiger partial charge in [0.1, 0.15) is 5.82 Å². The third-order valence-corrected chi connectivity index (χ3v) is 3.88. The van der Waals surface area contributed by atoms with Crippen LogP contribution in [-0.2, 0) is 6.42 Å². The molecule has 0 radical (unpaired) electrons. The molecule has 0 spiro atoms. The van der Waals surface area contributed by atoms with Crippen molar-refractivity contribution in [3.63, 3.8) is 0 Å². The first kappa shape index (κ1) is 17.9. The van der Waals surface area contributed by atoms with Crippen LogP contribution in [0.1, 0.15) is 31.7 Å². The molecule has 0 bridgehead atoms. The molecule has 0 heterocycles. The Morgan fingerprint density at radius 2 is 1.25 bits per heavy atom. The molecule has 0 fully saturated rings. The Morgan fingerprint density at radius 1 is 0.667 bits per heavy atom. The minimum absolute atomic E-state index is 0.178. The predicted octanol–water partition coefficient (Wildman–Crippen LogP) is 6.91. The highest BCUT2D eigenvalue weighted by atomic mass is 19.1. The Kier molecular flexibility index (Phi) is 7.76. The lowest BCUT2D eigenvalue weighted by atomic mass is 9.96. The van der Waals surface area contributed by atoms with E-state index >= 15 is 0 Å². The van der Waals surface area contributed by atoms with E-state index in [4.69, 9.17) is 0 Å². The lowest BCUT2D eigenvalue weighted by molar-refractivity contribution is 0.628. The summed E-state index contributed by atoms with van der Waals surface area (Å²) in [5, 5.41) is 0. The van der Waals surface area contributed by atoms with Gasteiger partial charge in [-0.1, -0.05) is 92.6 Å². The van der Waals surface area contributed by atoms with Gasteiger partial charge >= 0.3 is 0 Å². The molecule has 1 heteroatoms. The molecule has 3 aromatic rings. The molecule has 0 aliphatic rings. The van der Waals surface area contributed by atoms with Gasteiger partial charge in [-0.25, -0.2) is 4.39 Å². The van der Waals surface area contributed by atoms with Gasteiger partial charge in [0.25, 0.3) is 0 Å². The highest BCUT2D eigenvalue weighted by Crippen LogP contribution is 2.24.